The first kappa shape index (κ1) is 17.2. The summed E-state index contributed by atoms with van der Waals surface area (Å²) < 4.78 is 30.2. The topological polar surface area (TPSA) is 81.7 Å². The summed E-state index contributed by atoms with van der Waals surface area (Å²) in [5.41, 5.74) is 1.17. The largest absolute Gasteiger partial charge is 0.506 e. The summed E-state index contributed by atoms with van der Waals surface area (Å²) in [6.45, 7) is 2.80. The van der Waals surface area contributed by atoms with Crippen LogP contribution in [0.3, 0.4) is 0 Å². The Kier molecular flexibility index (Phi) is 5.05. The van der Waals surface area contributed by atoms with Gasteiger partial charge < -0.3 is 10.4 Å². The van der Waals surface area contributed by atoms with Gasteiger partial charge in [0, 0.05) is 6.04 Å². The molecule has 0 saturated carbocycles. The van der Waals surface area contributed by atoms with Crippen molar-refractivity contribution in [1.29, 1.82) is 0 Å². The predicted molar refractivity (Wildman–Crippen MR) is 90.4 cm³/mol. The predicted octanol–water partition coefficient (Wildman–Crippen LogP) is 1.29. The second-order valence-corrected chi connectivity index (χ2v) is 7.40. The number of aryl methyl sites for hydroxylation is 1. The molecule has 1 saturated heterocycles. The highest BCUT2D eigenvalue weighted by Crippen LogP contribution is 2.38. The molecule has 1 aliphatic carbocycles. The average Bonchev–Trinajstić information content (AvgIpc) is 2.86. The minimum absolute atomic E-state index is 0.153. The van der Waals surface area contributed by atoms with Crippen LogP contribution in [0.5, 0.6) is 5.75 Å². The molecule has 1 heterocycles. The molecule has 0 bridgehead atoms. The lowest BCUT2D eigenvalue weighted by atomic mass is 9.87. The van der Waals surface area contributed by atoms with E-state index in [1.807, 2.05) is 0 Å². The number of unbranched alkanes of at least 4 members (excludes halogenated alkanes) is 1. The van der Waals surface area contributed by atoms with Crippen LogP contribution < -0.4 is 14.3 Å². The van der Waals surface area contributed by atoms with Crippen molar-refractivity contribution in [3.8, 4) is 5.75 Å². The zero-order valence-corrected chi connectivity index (χ0v) is 14.4. The summed E-state index contributed by atoms with van der Waals surface area (Å²) in [5.74, 6) is -1.30. The van der Waals surface area contributed by atoms with E-state index in [0.29, 0.717) is 18.4 Å². The van der Waals surface area contributed by atoms with E-state index in [9.17, 15) is 14.1 Å². The molecule has 2 unspecified atom stereocenters. The first-order chi connectivity index (χ1) is 11.5. The number of anilines is 1. The number of phenols is 1. The highest BCUT2D eigenvalue weighted by Gasteiger charge is 2.34. The normalized spacial score (nSPS) is 23.2. The third-order valence-electron chi connectivity index (χ3n) is 4.53. The van der Waals surface area contributed by atoms with Crippen molar-refractivity contribution >= 4 is 22.8 Å². The Morgan fingerprint density at radius 3 is 3.00 bits per heavy atom. The van der Waals surface area contributed by atoms with Gasteiger partial charge >= 0.3 is 0 Å². The van der Waals surface area contributed by atoms with E-state index in [2.05, 4.69) is 17.0 Å². The van der Waals surface area contributed by atoms with E-state index < -0.39 is 22.9 Å². The van der Waals surface area contributed by atoms with Crippen LogP contribution in [0, 0.1) is 5.82 Å². The van der Waals surface area contributed by atoms with Crippen molar-refractivity contribution in [3.63, 3.8) is 0 Å². The molecule has 3 rings (SSSR count). The minimum Gasteiger partial charge on any atom is -0.506 e. The van der Waals surface area contributed by atoms with Crippen LogP contribution >= 0.6 is 0 Å². The molecule has 132 valence electrons. The van der Waals surface area contributed by atoms with Crippen LogP contribution in [0.15, 0.2) is 6.07 Å². The molecular weight excluding hydrogens is 333 g/mol. The lowest BCUT2D eigenvalue weighted by Crippen LogP contribution is -2.36. The average molecular weight is 355 g/mol. The number of hydrogen-bond donors (Lipinski definition) is 3. The third kappa shape index (κ3) is 3.25. The fourth-order valence-corrected chi connectivity index (χ4v) is 4.21. The molecule has 24 heavy (non-hydrogen) atoms. The zero-order chi connectivity index (χ0) is 17.3. The van der Waals surface area contributed by atoms with Crippen molar-refractivity contribution < 1.29 is 18.5 Å². The fourth-order valence-electron chi connectivity index (χ4n) is 3.27. The molecule has 0 aromatic heterocycles. The summed E-state index contributed by atoms with van der Waals surface area (Å²) in [6, 6.07) is 1.73. The lowest BCUT2D eigenvalue weighted by molar-refractivity contribution is -0.117. The highest BCUT2D eigenvalue weighted by molar-refractivity contribution is 7.85. The van der Waals surface area contributed by atoms with Crippen LogP contribution in [-0.2, 0) is 28.8 Å². The Balaban J connectivity index is 1.87. The first-order valence-electron chi connectivity index (χ1n) is 8.26. The molecular formula is C16H22FN3O3S. The maximum absolute atomic E-state index is 15.0. The monoisotopic (exact) mass is 355 g/mol. The summed E-state index contributed by atoms with van der Waals surface area (Å²) in [5, 5.41) is 13.6. The van der Waals surface area contributed by atoms with E-state index in [4.69, 9.17) is 0 Å². The summed E-state index contributed by atoms with van der Waals surface area (Å²) in [6.07, 6.45) is 4.28. The molecule has 0 radical (unpaired) electrons. The number of phenolic OH excluding ortho intramolecular Hbond substituents is 1. The van der Waals surface area contributed by atoms with E-state index in [1.165, 1.54) is 6.07 Å². The Morgan fingerprint density at radius 1 is 1.54 bits per heavy atom. The lowest BCUT2D eigenvalue weighted by Gasteiger charge is -2.28. The molecule has 8 heteroatoms. The van der Waals surface area contributed by atoms with E-state index in [1.54, 1.807) is 0 Å². The number of carbonyl (C=O) groups excluding carboxylic acids is 1. The van der Waals surface area contributed by atoms with Crippen LogP contribution in [0.4, 0.5) is 10.1 Å². The van der Waals surface area contributed by atoms with Gasteiger partial charge in [0.1, 0.15) is 18.0 Å². The standard InChI is InChI=1S/C16H22FN3O3S/c1-2-3-6-18-11-5-4-10-7-13(21)16(15(17)12(10)8-11)20-9-14(22)19-24(20)23/h7,11,18,21H,2-6,8-9H2,1H3,(H,19,22). The summed E-state index contributed by atoms with van der Waals surface area (Å²) >= 11 is -1.86. The van der Waals surface area contributed by atoms with Crippen LogP contribution in [0.1, 0.15) is 37.3 Å². The van der Waals surface area contributed by atoms with Crippen molar-refractivity contribution in [2.75, 3.05) is 17.4 Å². The number of nitrogens with one attached hydrogen (secondary N) is 2. The first-order valence-corrected chi connectivity index (χ1v) is 9.37. The minimum atomic E-state index is -1.86. The number of aromatic hydroxyl groups is 1. The van der Waals surface area contributed by atoms with Gasteiger partial charge in [0.05, 0.1) is 0 Å². The number of amides is 1. The zero-order valence-electron chi connectivity index (χ0n) is 13.6. The van der Waals surface area contributed by atoms with Crippen molar-refractivity contribution in [2.45, 2.75) is 45.1 Å². The van der Waals surface area contributed by atoms with Gasteiger partial charge in [-0.1, -0.05) is 13.3 Å². The Hall–Kier alpha value is -1.67. The van der Waals surface area contributed by atoms with E-state index in [-0.39, 0.29) is 24.0 Å². The molecule has 0 spiro atoms. The van der Waals surface area contributed by atoms with Crippen molar-refractivity contribution in [2.24, 2.45) is 0 Å². The number of benzene rings is 1. The number of carbonyl (C=O) groups is 1. The number of rotatable bonds is 5. The maximum atomic E-state index is 15.0. The molecule has 6 nitrogen and oxygen atoms in total. The van der Waals surface area contributed by atoms with Crippen molar-refractivity contribution in [3.05, 3.63) is 23.0 Å². The van der Waals surface area contributed by atoms with Crippen molar-refractivity contribution in [1.82, 2.24) is 10.0 Å². The van der Waals surface area contributed by atoms with Gasteiger partial charge in [0.2, 0.25) is 11.2 Å². The summed E-state index contributed by atoms with van der Waals surface area (Å²) in [7, 11) is 0. The van der Waals surface area contributed by atoms with Gasteiger partial charge in [0.25, 0.3) is 5.91 Å². The number of halogens is 1. The van der Waals surface area contributed by atoms with Gasteiger partial charge in [-0.15, -0.1) is 0 Å². The molecule has 1 aromatic rings. The molecule has 1 fully saturated rings. The van der Waals surface area contributed by atoms with Crippen LogP contribution in [0.25, 0.3) is 0 Å². The second-order valence-electron chi connectivity index (χ2n) is 6.25. The van der Waals surface area contributed by atoms with Crippen LogP contribution in [0.2, 0.25) is 0 Å². The van der Waals surface area contributed by atoms with Gasteiger partial charge in [-0.25, -0.2) is 8.60 Å². The highest BCUT2D eigenvalue weighted by atomic mass is 32.2. The molecule has 3 N–H and O–H groups in total. The van der Waals surface area contributed by atoms with Gasteiger partial charge in [-0.2, -0.15) is 0 Å². The fraction of sp³-hybridized carbons (Fsp3) is 0.562. The summed E-state index contributed by atoms with van der Waals surface area (Å²) in [4.78, 5) is 11.4. The maximum Gasteiger partial charge on any atom is 0.253 e. The Labute approximate surface area is 143 Å². The quantitative estimate of drug-likeness (QED) is 0.695. The Morgan fingerprint density at radius 2 is 2.33 bits per heavy atom. The van der Waals surface area contributed by atoms with Crippen LogP contribution in [-0.4, -0.2) is 34.4 Å². The van der Waals surface area contributed by atoms with Gasteiger partial charge in [0.15, 0.2) is 5.82 Å². The molecule has 2 atom stereocenters. The Bertz CT molecular complexity index is 683. The van der Waals surface area contributed by atoms with E-state index >= 15 is 4.39 Å². The molecule has 1 amide bonds. The molecule has 1 aliphatic heterocycles. The molecule has 2 aliphatic rings. The van der Waals surface area contributed by atoms with Gasteiger partial charge in [-0.05, 0) is 49.4 Å². The number of hydrogen-bond acceptors (Lipinski definition) is 4. The van der Waals surface area contributed by atoms with Gasteiger partial charge in [-0.3, -0.25) is 13.8 Å². The number of fused-ring (bicyclic) bond motifs is 1. The second kappa shape index (κ2) is 7.06. The smallest absolute Gasteiger partial charge is 0.253 e. The third-order valence-corrected chi connectivity index (χ3v) is 5.64. The SMILES string of the molecule is CCCCNC1CCc2cc(O)c(N3CC(=O)NS3=O)c(F)c2C1. The molecule has 1 aromatic carbocycles. The van der Waals surface area contributed by atoms with E-state index in [0.717, 1.165) is 35.7 Å². The number of nitrogens with zero attached hydrogens (tertiary/aromatic N) is 1.